The van der Waals surface area contributed by atoms with Crippen LogP contribution in [0.2, 0.25) is 0 Å². The van der Waals surface area contributed by atoms with Crippen LogP contribution in [0.3, 0.4) is 0 Å². The molecule has 4 rings (SSSR count). The minimum Gasteiger partial charge on any atom is -0.484 e. The van der Waals surface area contributed by atoms with E-state index in [9.17, 15) is 14.0 Å². The molecule has 2 amide bonds. The Balaban J connectivity index is 1.32. The van der Waals surface area contributed by atoms with Crippen LogP contribution in [-0.2, 0) is 9.59 Å². The molecule has 0 aliphatic carbocycles. The summed E-state index contributed by atoms with van der Waals surface area (Å²) in [6, 6.07) is 20.4. The van der Waals surface area contributed by atoms with Gasteiger partial charge in [0.1, 0.15) is 11.6 Å². The van der Waals surface area contributed by atoms with Crippen molar-refractivity contribution in [2.75, 3.05) is 29.6 Å². The molecule has 0 atom stereocenters. The number of nitrogens with zero attached hydrogens (tertiary/aromatic N) is 2. The monoisotopic (exact) mass is 481 g/mol. The van der Waals surface area contributed by atoms with E-state index < -0.39 is 0 Å². The average molecular weight is 482 g/mol. The zero-order chi connectivity index (χ0) is 23.2. The highest BCUT2D eigenvalue weighted by Crippen LogP contribution is 2.31. The van der Waals surface area contributed by atoms with Crippen molar-refractivity contribution in [3.05, 3.63) is 78.6 Å². The number of benzene rings is 3. The normalized spacial score (nSPS) is 10.7. The van der Waals surface area contributed by atoms with Crippen molar-refractivity contribution < 1.29 is 18.7 Å². The Kier molecular flexibility index (Phi) is 7.21. The van der Waals surface area contributed by atoms with Gasteiger partial charge in [0.15, 0.2) is 10.9 Å². The van der Waals surface area contributed by atoms with E-state index in [1.807, 2.05) is 42.5 Å². The van der Waals surface area contributed by atoms with E-state index in [4.69, 9.17) is 4.74 Å². The lowest BCUT2D eigenvalue weighted by molar-refractivity contribution is -0.118. The Hall–Kier alpha value is -3.43. The summed E-state index contributed by atoms with van der Waals surface area (Å²) in [6.45, 7) is -0.190. The lowest BCUT2D eigenvalue weighted by atomic mass is 10.3. The van der Waals surface area contributed by atoms with E-state index in [1.165, 1.54) is 47.4 Å². The van der Waals surface area contributed by atoms with Crippen molar-refractivity contribution in [3.8, 4) is 5.75 Å². The Labute approximate surface area is 198 Å². The third-order valence-corrected chi connectivity index (χ3v) is 6.82. The van der Waals surface area contributed by atoms with Crippen molar-refractivity contribution >= 4 is 56.5 Å². The molecule has 0 bridgehead atoms. The van der Waals surface area contributed by atoms with Crippen molar-refractivity contribution in [1.29, 1.82) is 0 Å². The van der Waals surface area contributed by atoms with Gasteiger partial charge in [-0.3, -0.25) is 9.59 Å². The molecule has 0 saturated carbocycles. The topological polar surface area (TPSA) is 71.5 Å². The number of anilines is 2. The SMILES string of the molecule is CN(C(=O)CSc1nc2ccc(NC(=O)COc3ccc(F)cc3)cc2s1)c1ccccc1. The minimum atomic E-state index is -0.366. The van der Waals surface area contributed by atoms with Gasteiger partial charge in [0.25, 0.3) is 5.91 Å². The van der Waals surface area contributed by atoms with Gasteiger partial charge < -0.3 is 15.0 Å². The number of para-hydroxylation sites is 1. The van der Waals surface area contributed by atoms with Crippen LogP contribution in [0.4, 0.5) is 15.8 Å². The summed E-state index contributed by atoms with van der Waals surface area (Å²) in [6.07, 6.45) is 0. The van der Waals surface area contributed by atoms with E-state index in [1.54, 1.807) is 18.0 Å². The molecule has 1 N–H and O–H groups in total. The molecule has 3 aromatic carbocycles. The lowest BCUT2D eigenvalue weighted by Gasteiger charge is -2.16. The number of halogens is 1. The molecule has 4 aromatic rings. The molecular weight excluding hydrogens is 461 g/mol. The summed E-state index contributed by atoms with van der Waals surface area (Å²) in [5.74, 6) is -0.0181. The number of thioether (sulfide) groups is 1. The van der Waals surface area contributed by atoms with Gasteiger partial charge in [-0.2, -0.15) is 0 Å². The smallest absolute Gasteiger partial charge is 0.262 e. The van der Waals surface area contributed by atoms with Gasteiger partial charge in [-0.05, 0) is 54.6 Å². The van der Waals surface area contributed by atoms with Crippen molar-refractivity contribution in [2.45, 2.75) is 4.34 Å². The van der Waals surface area contributed by atoms with E-state index in [0.717, 1.165) is 20.2 Å². The fourth-order valence-electron chi connectivity index (χ4n) is 2.94. The standard InChI is InChI=1S/C24H20FN3O3S2/c1-28(18-5-3-2-4-6-18)23(30)15-32-24-27-20-12-9-17(13-21(20)33-24)26-22(29)14-31-19-10-7-16(25)8-11-19/h2-13H,14-15H2,1H3,(H,26,29). The lowest BCUT2D eigenvalue weighted by Crippen LogP contribution is -2.27. The second-order valence-corrected chi connectivity index (χ2v) is 9.28. The molecule has 33 heavy (non-hydrogen) atoms. The Bertz CT molecular complexity index is 1260. The number of ether oxygens (including phenoxy) is 1. The highest BCUT2D eigenvalue weighted by Gasteiger charge is 2.13. The second kappa shape index (κ2) is 10.5. The number of nitrogens with one attached hydrogen (secondary N) is 1. The van der Waals surface area contributed by atoms with Gasteiger partial charge >= 0.3 is 0 Å². The highest BCUT2D eigenvalue weighted by atomic mass is 32.2. The largest absolute Gasteiger partial charge is 0.484 e. The van der Waals surface area contributed by atoms with Crippen molar-refractivity contribution in [1.82, 2.24) is 4.98 Å². The van der Waals surface area contributed by atoms with E-state index in [0.29, 0.717) is 11.4 Å². The molecule has 1 heterocycles. The van der Waals surface area contributed by atoms with E-state index in [2.05, 4.69) is 10.3 Å². The number of thiazole rings is 1. The molecule has 1 aromatic heterocycles. The molecular formula is C24H20FN3O3S2. The zero-order valence-electron chi connectivity index (χ0n) is 17.7. The number of fused-ring (bicyclic) bond motifs is 1. The summed E-state index contributed by atoms with van der Waals surface area (Å²) in [5, 5.41) is 2.78. The first-order valence-electron chi connectivity index (χ1n) is 10.0. The number of amides is 2. The number of carbonyl (C=O) groups is 2. The molecule has 0 unspecified atom stereocenters. The summed E-state index contributed by atoms with van der Waals surface area (Å²) >= 11 is 2.85. The maximum Gasteiger partial charge on any atom is 0.262 e. The van der Waals surface area contributed by atoms with Gasteiger partial charge in [0, 0.05) is 18.4 Å². The number of aromatic nitrogens is 1. The molecule has 0 spiro atoms. The quantitative estimate of drug-likeness (QED) is 0.350. The average Bonchev–Trinajstić information content (AvgIpc) is 3.24. The van der Waals surface area contributed by atoms with Crippen molar-refractivity contribution in [2.24, 2.45) is 0 Å². The molecule has 6 nitrogen and oxygen atoms in total. The van der Waals surface area contributed by atoms with Crippen LogP contribution in [0.1, 0.15) is 0 Å². The number of hydrogen-bond acceptors (Lipinski definition) is 6. The van der Waals surface area contributed by atoms with Crippen LogP contribution in [-0.4, -0.2) is 36.2 Å². The summed E-state index contributed by atoms with van der Waals surface area (Å²) in [5.41, 5.74) is 2.26. The number of rotatable bonds is 8. The van der Waals surface area contributed by atoms with E-state index in [-0.39, 0.29) is 30.0 Å². The van der Waals surface area contributed by atoms with Crippen LogP contribution in [0.5, 0.6) is 5.75 Å². The van der Waals surface area contributed by atoms with Gasteiger partial charge in [0.2, 0.25) is 5.91 Å². The third kappa shape index (κ3) is 6.09. The number of carbonyl (C=O) groups excluding carboxylic acids is 2. The molecule has 9 heteroatoms. The van der Waals surface area contributed by atoms with Crippen LogP contribution in [0.15, 0.2) is 77.1 Å². The van der Waals surface area contributed by atoms with Crippen LogP contribution in [0.25, 0.3) is 10.2 Å². The van der Waals surface area contributed by atoms with Crippen LogP contribution >= 0.6 is 23.1 Å². The van der Waals surface area contributed by atoms with Crippen molar-refractivity contribution in [3.63, 3.8) is 0 Å². The third-order valence-electron chi connectivity index (χ3n) is 4.67. The molecule has 0 fully saturated rings. The Morgan fingerprint density at radius 2 is 1.85 bits per heavy atom. The summed E-state index contributed by atoms with van der Waals surface area (Å²) in [4.78, 5) is 30.9. The molecule has 0 radical (unpaired) electrons. The fraction of sp³-hybridized carbons (Fsp3) is 0.125. The molecule has 0 saturated heterocycles. The molecule has 0 aliphatic rings. The van der Waals surface area contributed by atoms with Gasteiger partial charge in [-0.15, -0.1) is 11.3 Å². The maximum absolute atomic E-state index is 12.9. The first-order valence-corrected chi connectivity index (χ1v) is 11.8. The fourth-order valence-corrected chi connectivity index (χ4v) is 4.96. The first-order chi connectivity index (χ1) is 16.0. The zero-order valence-corrected chi connectivity index (χ0v) is 19.3. The predicted octanol–water partition coefficient (Wildman–Crippen LogP) is 5.21. The molecule has 0 aliphatic heterocycles. The van der Waals surface area contributed by atoms with Gasteiger partial charge in [0.05, 0.1) is 16.0 Å². The van der Waals surface area contributed by atoms with Gasteiger partial charge in [-0.1, -0.05) is 30.0 Å². The van der Waals surface area contributed by atoms with Crippen LogP contribution < -0.4 is 15.0 Å². The van der Waals surface area contributed by atoms with Crippen LogP contribution in [0, 0.1) is 5.82 Å². The predicted molar refractivity (Wildman–Crippen MR) is 131 cm³/mol. The number of hydrogen-bond donors (Lipinski definition) is 1. The minimum absolute atomic E-state index is 0.0143. The van der Waals surface area contributed by atoms with Gasteiger partial charge in [-0.25, -0.2) is 9.37 Å². The maximum atomic E-state index is 12.9. The summed E-state index contributed by atoms with van der Waals surface area (Å²) in [7, 11) is 1.76. The van der Waals surface area contributed by atoms with E-state index >= 15 is 0 Å². The summed E-state index contributed by atoms with van der Waals surface area (Å²) < 4.78 is 20.0. The second-order valence-electron chi connectivity index (χ2n) is 7.03. The highest BCUT2D eigenvalue weighted by molar-refractivity contribution is 8.01. The molecule has 168 valence electrons. The Morgan fingerprint density at radius 3 is 2.61 bits per heavy atom. The Morgan fingerprint density at radius 1 is 1.09 bits per heavy atom. The first kappa shape index (κ1) is 22.8.